The number of hydrogen-bond donors (Lipinski definition) is 17. The fourth-order valence-corrected chi connectivity index (χ4v) is 7.68. The van der Waals surface area contributed by atoms with Crippen LogP contribution in [-0.4, -0.2) is 161 Å². The zero-order valence-electron chi connectivity index (χ0n) is 41.7. The van der Waals surface area contributed by atoms with Crippen molar-refractivity contribution in [2.24, 2.45) is 34.4 Å². The van der Waals surface area contributed by atoms with Crippen molar-refractivity contribution in [1.82, 2.24) is 42.2 Å². The highest BCUT2D eigenvalue weighted by Crippen LogP contribution is 2.20. The van der Waals surface area contributed by atoms with Crippen LogP contribution >= 0.6 is 0 Å². The first-order valence-corrected chi connectivity index (χ1v) is 24.9. The van der Waals surface area contributed by atoms with Crippen molar-refractivity contribution in [3.05, 3.63) is 36.0 Å². The van der Waals surface area contributed by atoms with Crippen LogP contribution in [0, 0.1) is 0 Å². The first-order chi connectivity index (χ1) is 34.8. The van der Waals surface area contributed by atoms with Gasteiger partial charge in [-0.25, -0.2) is 4.79 Å². The number of H-pyrrole nitrogens is 1. The molecule has 0 bridgehead atoms. The fraction of sp³-hybridized carbons (Fsp3) is 0.638. The monoisotopic (exact) mass is 1030 g/mol. The minimum absolute atomic E-state index is 0.00434. The third-order valence-electron chi connectivity index (χ3n) is 11.9. The summed E-state index contributed by atoms with van der Waals surface area (Å²) in [6, 6.07) is -3.91. The maximum absolute atomic E-state index is 14.3. The van der Waals surface area contributed by atoms with Crippen molar-refractivity contribution < 1.29 is 58.5 Å². The molecule has 23 N–H and O–H groups in total. The summed E-state index contributed by atoms with van der Waals surface area (Å²) in [7, 11) is 0. The van der Waals surface area contributed by atoms with Crippen LogP contribution in [0.3, 0.4) is 0 Å². The zero-order chi connectivity index (χ0) is 54.5. The maximum Gasteiger partial charge on any atom is 0.328 e. The predicted octanol–water partition coefficient (Wildman–Crippen LogP) is -4.33. The van der Waals surface area contributed by atoms with E-state index in [2.05, 4.69) is 36.9 Å². The number of aromatic nitrogens is 1. The van der Waals surface area contributed by atoms with E-state index in [9.17, 15) is 58.5 Å². The molecule has 2 rings (SSSR count). The molecule has 26 nitrogen and oxygen atoms in total. The Morgan fingerprint density at radius 2 is 0.959 bits per heavy atom. The summed E-state index contributed by atoms with van der Waals surface area (Å²) in [5, 5.41) is 47.5. The Hall–Kier alpha value is -6.29. The summed E-state index contributed by atoms with van der Waals surface area (Å²) in [5.41, 5.74) is 36.0. The van der Waals surface area contributed by atoms with Crippen LogP contribution in [0.5, 0.6) is 0 Å². The number of nitrogens with two attached hydrogens (primary N) is 6. The highest BCUT2D eigenvalue weighted by Gasteiger charge is 2.35. The van der Waals surface area contributed by atoms with E-state index in [1.165, 1.54) is 0 Å². The first kappa shape index (κ1) is 62.8. The number of carboxylic acid groups (broad SMARTS) is 1. The Labute approximate surface area is 424 Å². The number of aromatic amines is 1. The molecule has 0 saturated heterocycles. The number of aliphatic hydroxyl groups excluding tert-OH is 2. The van der Waals surface area contributed by atoms with Gasteiger partial charge in [0.05, 0.1) is 18.8 Å². The van der Waals surface area contributed by atoms with Gasteiger partial charge < -0.3 is 91.9 Å². The van der Waals surface area contributed by atoms with Gasteiger partial charge in [-0.15, -0.1) is 0 Å². The standard InChI is InChI=1S/C47H80N14O12/c1-27(63)39(46(71)60-37(26-62)47(72)73)61-44(69)34(17-7-11-23-51)56-43(68)35(18-19-38(53)64)58-42(67)32(15-5-9-21-49)55-41(66)33(16-6-10-22-50)57-45(70)36(59-40(65)30(52)13-4-8-20-48)24-28-25-54-31-14-3-2-12-29(28)31/h2-3,12,14,25,27,30,32-37,39,54,62-63H,4-11,13,15-24,26,48-52H2,1H3,(H2,53,64)(H,55,66)(H,56,68)(H,57,70)(H,58,67)(H,59,65)(H,60,71)(H,61,69)(H,72,73)/t27-,30+,32+,33+,34+,35+,36+,37+,39+/m1/s1. The number of carbonyl (C=O) groups is 9. The molecule has 0 radical (unpaired) electrons. The van der Waals surface area contributed by atoms with Gasteiger partial charge in [-0.3, -0.25) is 38.4 Å². The Bertz CT molecular complexity index is 2090. The van der Waals surface area contributed by atoms with Crippen molar-refractivity contribution in [2.75, 3.05) is 32.8 Å². The topological polar surface area (TPSA) is 470 Å². The number of nitrogens with one attached hydrogen (secondary N) is 8. The average molecular weight is 1030 g/mol. The molecule has 0 fully saturated rings. The van der Waals surface area contributed by atoms with Crippen molar-refractivity contribution in [3.63, 3.8) is 0 Å². The zero-order valence-corrected chi connectivity index (χ0v) is 41.7. The number of rotatable bonds is 38. The van der Waals surface area contributed by atoms with Crippen LogP contribution in [0.15, 0.2) is 30.5 Å². The number of hydrogen-bond acceptors (Lipinski definition) is 16. The second-order valence-corrected chi connectivity index (χ2v) is 17.9. The van der Waals surface area contributed by atoms with Gasteiger partial charge in [0.2, 0.25) is 47.3 Å². The molecule has 1 aromatic carbocycles. The summed E-state index contributed by atoms with van der Waals surface area (Å²) < 4.78 is 0. The summed E-state index contributed by atoms with van der Waals surface area (Å²) >= 11 is 0. The highest BCUT2D eigenvalue weighted by atomic mass is 16.4. The van der Waals surface area contributed by atoms with E-state index >= 15 is 0 Å². The Kier molecular flexibility index (Phi) is 29.4. The van der Waals surface area contributed by atoms with E-state index in [1.807, 2.05) is 29.6 Å². The number of primary amides is 1. The number of carbonyl (C=O) groups excluding carboxylic acids is 8. The first-order valence-electron chi connectivity index (χ1n) is 24.9. The second-order valence-electron chi connectivity index (χ2n) is 17.9. The van der Waals surface area contributed by atoms with Crippen LogP contribution in [0.4, 0.5) is 0 Å². The molecule has 0 aliphatic rings. The van der Waals surface area contributed by atoms with Gasteiger partial charge in [-0.1, -0.05) is 24.6 Å². The normalized spacial score (nSPS) is 15.0. The van der Waals surface area contributed by atoms with E-state index in [0.717, 1.165) is 17.8 Å². The largest absolute Gasteiger partial charge is 0.480 e. The average Bonchev–Trinajstić information content (AvgIpc) is 3.76. The smallest absolute Gasteiger partial charge is 0.328 e. The van der Waals surface area contributed by atoms with Gasteiger partial charge >= 0.3 is 5.97 Å². The van der Waals surface area contributed by atoms with Crippen molar-refractivity contribution in [2.45, 2.75) is 158 Å². The molecule has 26 heteroatoms. The van der Waals surface area contributed by atoms with Gasteiger partial charge in [0, 0.05) is 29.9 Å². The maximum atomic E-state index is 14.3. The molecule has 8 amide bonds. The summed E-state index contributed by atoms with van der Waals surface area (Å²) in [5.74, 6) is -8.52. The molecule has 9 atom stereocenters. The van der Waals surface area contributed by atoms with Crippen molar-refractivity contribution in [3.8, 4) is 0 Å². The molecule has 0 aliphatic carbocycles. The number of aliphatic carboxylic acids is 1. The predicted molar refractivity (Wildman–Crippen MR) is 270 cm³/mol. The number of benzene rings is 1. The third-order valence-corrected chi connectivity index (χ3v) is 11.9. The lowest BCUT2D eigenvalue weighted by Gasteiger charge is -2.28. The van der Waals surface area contributed by atoms with E-state index < -0.39 is 121 Å². The molecular formula is C47H80N14O12. The van der Waals surface area contributed by atoms with Crippen LogP contribution in [0.2, 0.25) is 0 Å². The Morgan fingerprint density at radius 1 is 0.548 bits per heavy atom. The highest BCUT2D eigenvalue weighted by molar-refractivity contribution is 5.98. The number of carboxylic acids is 1. The molecule has 2 aromatic rings. The second kappa shape index (κ2) is 34.2. The molecule has 0 spiro atoms. The minimum Gasteiger partial charge on any atom is -0.480 e. The van der Waals surface area contributed by atoms with Gasteiger partial charge in [0.15, 0.2) is 0 Å². The van der Waals surface area contributed by atoms with Gasteiger partial charge in [0.25, 0.3) is 0 Å². The van der Waals surface area contributed by atoms with E-state index in [1.54, 1.807) is 6.20 Å². The van der Waals surface area contributed by atoms with E-state index in [0.29, 0.717) is 63.5 Å². The molecule has 0 aliphatic heterocycles. The molecular weight excluding hydrogens is 953 g/mol. The molecule has 410 valence electrons. The molecule has 1 aromatic heterocycles. The third kappa shape index (κ3) is 22.6. The lowest BCUT2D eigenvalue weighted by molar-refractivity contribution is -0.144. The summed E-state index contributed by atoms with van der Waals surface area (Å²) in [6.45, 7) is 1.27. The van der Waals surface area contributed by atoms with Gasteiger partial charge in [0.1, 0.15) is 42.3 Å². The Balaban J connectivity index is 2.47. The van der Waals surface area contributed by atoms with E-state index in [4.69, 9.17) is 34.4 Å². The van der Waals surface area contributed by atoms with Crippen molar-refractivity contribution >= 4 is 64.1 Å². The molecule has 0 saturated carbocycles. The minimum atomic E-state index is -1.76. The number of amides is 8. The summed E-state index contributed by atoms with van der Waals surface area (Å²) in [4.78, 5) is 124. The van der Waals surface area contributed by atoms with Crippen LogP contribution < -0.4 is 71.6 Å². The molecule has 0 unspecified atom stereocenters. The molecule has 1 heterocycles. The van der Waals surface area contributed by atoms with Crippen LogP contribution in [-0.2, 0) is 49.6 Å². The lowest BCUT2D eigenvalue weighted by atomic mass is 10.0. The Morgan fingerprint density at radius 3 is 1.40 bits per heavy atom. The van der Waals surface area contributed by atoms with Crippen LogP contribution in [0.1, 0.15) is 102 Å². The van der Waals surface area contributed by atoms with Crippen LogP contribution in [0.25, 0.3) is 10.9 Å². The van der Waals surface area contributed by atoms with Crippen molar-refractivity contribution in [1.29, 1.82) is 0 Å². The van der Waals surface area contributed by atoms with E-state index in [-0.39, 0.29) is 58.2 Å². The quantitative estimate of drug-likeness (QED) is 0.0283. The number of unbranched alkanes of at least 4 members (excludes halogenated alkanes) is 4. The number of fused-ring (bicyclic) bond motifs is 1. The number of aliphatic hydroxyl groups is 2. The fourth-order valence-electron chi connectivity index (χ4n) is 7.68. The van der Waals surface area contributed by atoms with Gasteiger partial charge in [-0.05, 0) is 122 Å². The molecule has 73 heavy (non-hydrogen) atoms. The lowest BCUT2D eigenvalue weighted by Crippen LogP contribution is -2.61. The SMILES string of the molecule is C[C@@H](O)[C@H](NC(=O)[C@H](CCCCN)NC(=O)[C@H](CCC(N)=O)NC(=O)[C@H](CCCCN)NC(=O)[C@H](CCCCN)NC(=O)[C@H](Cc1c[nH]c2ccccc12)NC(=O)[C@@H](N)CCCCN)C(=O)N[C@@H](CO)C(=O)O. The summed E-state index contributed by atoms with van der Waals surface area (Å²) in [6.07, 6.45) is 3.10. The number of para-hydroxylation sites is 1. The van der Waals surface area contributed by atoms with Gasteiger partial charge in [-0.2, -0.15) is 0 Å².